The number of hydrogen-bond donors (Lipinski definition) is 3. The van der Waals surface area contributed by atoms with Gasteiger partial charge in [-0.05, 0) is 56.7 Å². The third kappa shape index (κ3) is 6.38. The molecule has 0 spiro atoms. The molecule has 3 aromatic rings. The second kappa shape index (κ2) is 10.4. The van der Waals surface area contributed by atoms with E-state index in [9.17, 15) is 18.7 Å². The number of aromatic nitrogens is 2. The minimum Gasteiger partial charge on any atom is -0.497 e. The number of methoxy groups -OCH3 is 1. The van der Waals surface area contributed by atoms with Crippen molar-refractivity contribution < 1.29 is 23.4 Å². The highest BCUT2D eigenvalue weighted by Gasteiger charge is 2.24. The standard InChI is InChI=1S/C24H27F2N5O3/c1-15(24(2,3)33)28-22-27-12-11-21(30-22)31(14-16-5-8-18(34-4)9-6-16)23(32)29-20-13-17(25)7-10-19(20)26/h5-13,15,33H,14H2,1-4H3,(H,29,32)(H,27,28,30)/t15-/m0/s1. The number of urea groups is 1. The van der Waals surface area contributed by atoms with Crippen molar-refractivity contribution in [2.45, 2.75) is 39.0 Å². The number of anilines is 3. The average Bonchev–Trinajstić information content (AvgIpc) is 2.79. The van der Waals surface area contributed by atoms with Gasteiger partial charge in [0, 0.05) is 12.3 Å². The van der Waals surface area contributed by atoms with Gasteiger partial charge in [0.1, 0.15) is 23.2 Å². The number of aliphatic hydroxyl groups is 1. The Kier molecular flexibility index (Phi) is 7.62. The SMILES string of the molecule is COc1ccc(CN(C(=O)Nc2cc(F)ccc2F)c2ccnc(N[C@@H](C)C(C)(C)O)n2)cc1. The number of nitrogens with zero attached hydrogens (tertiary/aromatic N) is 3. The lowest BCUT2D eigenvalue weighted by Crippen LogP contribution is -2.40. The molecule has 10 heteroatoms. The van der Waals surface area contributed by atoms with Crippen LogP contribution in [0.3, 0.4) is 0 Å². The van der Waals surface area contributed by atoms with E-state index in [1.165, 1.54) is 17.2 Å². The fourth-order valence-electron chi connectivity index (χ4n) is 2.89. The molecule has 3 rings (SSSR count). The zero-order valence-corrected chi connectivity index (χ0v) is 19.3. The first-order valence-electron chi connectivity index (χ1n) is 10.6. The van der Waals surface area contributed by atoms with Gasteiger partial charge < -0.3 is 20.5 Å². The van der Waals surface area contributed by atoms with Crippen LogP contribution in [0.5, 0.6) is 5.75 Å². The summed E-state index contributed by atoms with van der Waals surface area (Å²) in [6.45, 7) is 5.13. The van der Waals surface area contributed by atoms with Crippen LogP contribution in [-0.2, 0) is 6.54 Å². The summed E-state index contributed by atoms with van der Waals surface area (Å²) in [5.74, 6) is -0.409. The van der Waals surface area contributed by atoms with E-state index in [0.29, 0.717) is 5.75 Å². The summed E-state index contributed by atoms with van der Waals surface area (Å²) in [6, 6.07) is 10.2. The molecule has 3 N–H and O–H groups in total. The van der Waals surface area contributed by atoms with Crippen LogP contribution >= 0.6 is 0 Å². The maximum atomic E-state index is 14.2. The smallest absolute Gasteiger partial charge is 0.327 e. The third-order valence-electron chi connectivity index (χ3n) is 5.24. The Balaban J connectivity index is 1.93. The van der Waals surface area contributed by atoms with Crippen molar-refractivity contribution in [3.63, 3.8) is 0 Å². The van der Waals surface area contributed by atoms with Gasteiger partial charge in [0.2, 0.25) is 5.95 Å². The van der Waals surface area contributed by atoms with Crippen molar-refractivity contribution in [1.82, 2.24) is 9.97 Å². The molecule has 2 aromatic carbocycles. The summed E-state index contributed by atoms with van der Waals surface area (Å²) in [6.07, 6.45) is 1.46. The van der Waals surface area contributed by atoms with Gasteiger partial charge in [-0.2, -0.15) is 4.98 Å². The van der Waals surface area contributed by atoms with Gasteiger partial charge in [-0.25, -0.2) is 18.6 Å². The molecule has 1 heterocycles. The second-order valence-electron chi connectivity index (χ2n) is 8.25. The van der Waals surface area contributed by atoms with Crippen LogP contribution in [0.25, 0.3) is 0 Å². The van der Waals surface area contributed by atoms with E-state index >= 15 is 0 Å². The van der Waals surface area contributed by atoms with Crippen molar-refractivity contribution in [3.8, 4) is 5.75 Å². The number of halogens is 2. The quantitative estimate of drug-likeness (QED) is 0.445. The monoisotopic (exact) mass is 471 g/mol. The highest BCUT2D eigenvalue weighted by atomic mass is 19.1. The third-order valence-corrected chi connectivity index (χ3v) is 5.24. The molecular formula is C24H27F2N5O3. The van der Waals surface area contributed by atoms with Crippen molar-refractivity contribution in [3.05, 3.63) is 71.9 Å². The summed E-state index contributed by atoms with van der Waals surface area (Å²) >= 11 is 0. The van der Waals surface area contributed by atoms with Gasteiger partial charge in [0.15, 0.2) is 0 Å². The van der Waals surface area contributed by atoms with E-state index in [1.54, 1.807) is 52.1 Å². The van der Waals surface area contributed by atoms with E-state index in [4.69, 9.17) is 4.74 Å². The fraction of sp³-hybridized carbons (Fsp3) is 0.292. The van der Waals surface area contributed by atoms with Crippen LogP contribution in [0.15, 0.2) is 54.7 Å². The first-order valence-corrected chi connectivity index (χ1v) is 10.6. The summed E-state index contributed by atoms with van der Waals surface area (Å²) < 4.78 is 32.9. The largest absolute Gasteiger partial charge is 0.497 e. The van der Waals surface area contributed by atoms with E-state index in [1.807, 2.05) is 0 Å². The lowest BCUT2D eigenvalue weighted by molar-refractivity contribution is 0.0646. The molecule has 0 saturated heterocycles. The predicted octanol–water partition coefficient (Wildman–Crippen LogP) is 4.57. The Hall–Kier alpha value is -3.79. The molecular weight excluding hydrogens is 444 g/mol. The molecule has 0 fully saturated rings. The lowest BCUT2D eigenvalue weighted by Gasteiger charge is -2.27. The van der Waals surface area contributed by atoms with Crippen LogP contribution in [0.1, 0.15) is 26.3 Å². The Morgan fingerprint density at radius 1 is 1.18 bits per heavy atom. The number of nitrogens with one attached hydrogen (secondary N) is 2. The van der Waals surface area contributed by atoms with Gasteiger partial charge in [0.25, 0.3) is 0 Å². The van der Waals surface area contributed by atoms with E-state index in [0.717, 1.165) is 23.8 Å². The van der Waals surface area contributed by atoms with Crippen LogP contribution in [0.4, 0.5) is 31.0 Å². The molecule has 1 aromatic heterocycles. The summed E-state index contributed by atoms with van der Waals surface area (Å²) in [4.78, 5) is 23.0. The number of hydrogen-bond acceptors (Lipinski definition) is 6. The molecule has 0 aliphatic rings. The minimum atomic E-state index is -1.05. The second-order valence-corrected chi connectivity index (χ2v) is 8.25. The maximum absolute atomic E-state index is 14.2. The highest BCUT2D eigenvalue weighted by Crippen LogP contribution is 2.22. The topological polar surface area (TPSA) is 99.6 Å². The molecule has 8 nitrogen and oxygen atoms in total. The highest BCUT2D eigenvalue weighted by molar-refractivity contribution is 6.01. The van der Waals surface area contributed by atoms with Crippen molar-refractivity contribution >= 4 is 23.5 Å². The lowest BCUT2D eigenvalue weighted by atomic mass is 10.0. The molecule has 0 unspecified atom stereocenters. The van der Waals surface area contributed by atoms with Crippen LogP contribution < -0.4 is 20.3 Å². The van der Waals surface area contributed by atoms with Gasteiger partial charge in [-0.3, -0.25) is 4.90 Å². The number of carbonyl (C=O) groups excluding carboxylic acids is 1. The summed E-state index contributed by atoms with van der Waals surface area (Å²) in [5, 5.41) is 15.6. The zero-order valence-electron chi connectivity index (χ0n) is 19.3. The minimum absolute atomic E-state index is 0.0737. The van der Waals surface area contributed by atoms with E-state index < -0.39 is 29.3 Å². The summed E-state index contributed by atoms with van der Waals surface area (Å²) in [7, 11) is 1.55. The average molecular weight is 472 g/mol. The van der Waals surface area contributed by atoms with Crippen molar-refractivity contribution in [1.29, 1.82) is 0 Å². The first kappa shape index (κ1) is 24.8. The van der Waals surface area contributed by atoms with Gasteiger partial charge in [-0.15, -0.1) is 0 Å². The van der Waals surface area contributed by atoms with Gasteiger partial charge in [0.05, 0.1) is 31.0 Å². The Morgan fingerprint density at radius 2 is 1.88 bits per heavy atom. The van der Waals surface area contributed by atoms with Crippen LogP contribution in [0, 0.1) is 11.6 Å². The molecule has 2 amide bonds. The Labute approximate surface area is 196 Å². The Bertz CT molecular complexity index is 1140. The molecule has 180 valence electrons. The predicted molar refractivity (Wildman–Crippen MR) is 126 cm³/mol. The van der Waals surface area contributed by atoms with Crippen molar-refractivity contribution in [2.75, 3.05) is 22.6 Å². The molecule has 0 saturated carbocycles. The maximum Gasteiger partial charge on any atom is 0.327 e. The summed E-state index contributed by atoms with van der Waals surface area (Å²) in [5.41, 5.74) is -0.601. The van der Waals surface area contributed by atoms with Crippen LogP contribution in [-0.4, -0.2) is 39.9 Å². The Morgan fingerprint density at radius 3 is 2.53 bits per heavy atom. The fourth-order valence-corrected chi connectivity index (χ4v) is 2.89. The normalized spacial score (nSPS) is 12.1. The zero-order chi connectivity index (χ0) is 24.9. The number of rotatable bonds is 8. The number of amides is 2. The molecule has 0 aliphatic carbocycles. The van der Waals surface area contributed by atoms with E-state index in [2.05, 4.69) is 20.6 Å². The van der Waals surface area contributed by atoms with E-state index in [-0.39, 0.29) is 24.0 Å². The first-order chi connectivity index (χ1) is 16.1. The number of benzene rings is 2. The molecule has 0 radical (unpaired) electrons. The number of carbonyl (C=O) groups is 1. The molecule has 1 atom stereocenters. The molecule has 34 heavy (non-hydrogen) atoms. The van der Waals surface area contributed by atoms with Crippen LogP contribution in [0.2, 0.25) is 0 Å². The molecule has 0 aliphatic heterocycles. The van der Waals surface area contributed by atoms with Gasteiger partial charge >= 0.3 is 6.03 Å². The molecule has 0 bridgehead atoms. The van der Waals surface area contributed by atoms with Crippen molar-refractivity contribution in [2.24, 2.45) is 0 Å². The number of ether oxygens (including phenoxy) is 1. The van der Waals surface area contributed by atoms with Gasteiger partial charge in [-0.1, -0.05) is 12.1 Å².